The highest BCUT2D eigenvalue weighted by molar-refractivity contribution is 6.47. The van der Waals surface area contributed by atoms with Crippen molar-refractivity contribution in [1.29, 1.82) is 0 Å². The van der Waals surface area contributed by atoms with Crippen LogP contribution in [0.1, 0.15) is 39.7 Å². The highest BCUT2D eigenvalue weighted by atomic mass is 16.5. The molecule has 6 heteroatoms. The molecule has 1 aromatic carbocycles. The summed E-state index contributed by atoms with van der Waals surface area (Å²) in [7, 11) is 0.283. The second-order valence-electron chi connectivity index (χ2n) is 6.28. The summed E-state index contributed by atoms with van der Waals surface area (Å²) >= 11 is 0. The Morgan fingerprint density at radius 3 is 2.48 bits per heavy atom. The third-order valence-electron chi connectivity index (χ3n) is 3.89. The number of benzene rings is 1. The van der Waals surface area contributed by atoms with Gasteiger partial charge in [0.2, 0.25) is 5.91 Å². The fourth-order valence-corrected chi connectivity index (χ4v) is 1.68. The number of rotatable bonds is 7. The molecule has 0 aliphatic heterocycles. The Morgan fingerprint density at radius 2 is 1.95 bits per heavy atom. The third kappa shape index (κ3) is 5.06. The molecule has 1 amide bonds. The molecule has 0 unspecified atom stereocenters. The molecule has 1 rings (SSSR count). The predicted molar refractivity (Wildman–Crippen MR) is 83.9 cm³/mol. The highest BCUT2D eigenvalue weighted by Gasteiger charge is 2.35. The van der Waals surface area contributed by atoms with E-state index in [2.05, 4.69) is 0 Å². The maximum atomic E-state index is 10.9. The summed E-state index contributed by atoms with van der Waals surface area (Å²) in [5.74, 6) is -0.248. The Balaban J connectivity index is 2.85. The first-order chi connectivity index (χ1) is 9.53. The molecule has 0 atom stereocenters. The molecule has 5 nitrogen and oxygen atoms in total. The molecule has 1 aromatic rings. The van der Waals surface area contributed by atoms with Crippen molar-refractivity contribution in [1.82, 2.24) is 0 Å². The summed E-state index contributed by atoms with van der Waals surface area (Å²) in [5.41, 5.74) is 5.13. The summed E-state index contributed by atoms with van der Waals surface area (Å²) in [6.07, 6.45) is 0.663. The van der Waals surface area contributed by atoms with Crippen molar-refractivity contribution in [2.24, 2.45) is 5.73 Å². The molecule has 116 valence electrons. The normalized spacial score (nSPS) is 12.2. The number of carbonyl (C=O) groups excluding carboxylic acids is 1. The van der Waals surface area contributed by atoms with Gasteiger partial charge in [0.1, 0.15) is 5.75 Å². The van der Waals surface area contributed by atoms with Crippen molar-refractivity contribution in [3.05, 3.63) is 23.8 Å². The van der Waals surface area contributed by atoms with Crippen molar-refractivity contribution in [3.8, 4) is 5.75 Å². The number of hydrogen-bond donors (Lipinski definition) is 3. The van der Waals surface area contributed by atoms with Crippen LogP contribution in [-0.2, 0) is 15.9 Å². The molecule has 0 saturated carbocycles. The monoisotopic (exact) mass is 293 g/mol. The van der Waals surface area contributed by atoms with Crippen molar-refractivity contribution in [2.45, 2.75) is 51.7 Å². The summed E-state index contributed by atoms with van der Waals surface area (Å²) < 4.78 is 5.82. The molecule has 0 fully saturated rings. The zero-order chi connectivity index (χ0) is 16.3. The number of hydrogen-bond acceptors (Lipinski definition) is 4. The van der Waals surface area contributed by atoms with Gasteiger partial charge >= 0.3 is 7.48 Å². The molecule has 0 spiro atoms. The number of amides is 1. The van der Waals surface area contributed by atoms with Crippen molar-refractivity contribution < 1.29 is 19.7 Å². The fourth-order valence-electron chi connectivity index (χ4n) is 1.68. The fraction of sp³-hybridized carbons (Fsp3) is 0.533. The second-order valence-corrected chi connectivity index (χ2v) is 6.28. The van der Waals surface area contributed by atoms with Crippen LogP contribution in [0.5, 0.6) is 5.75 Å². The first-order valence-corrected chi connectivity index (χ1v) is 6.98. The van der Waals surface area contributed by atoms with Gasteiger partial charge in [-0.3, -0.25) is 4.79 Å². The number of phenols is 1. The SMILES string of the molecule is CC(C)(O)C(C)(C)OBc1ccc(O)cc1CCC(N)=O. The number of carbonyl (C=O) groups is 1. The minimum atomic E-state index is -0.989. The zero-order valence-corrected chi connectivity index (χ0v) is 13.1. The average Bonchev–Trinajstić information content (AvgIpc) is 2.33. The van der Waals surface area contributed by atoms with E-state index in [1.807, 2.05) is 13.8 Å². The van der Waals surface area contributed by atoms with Gasteiger partial charge in [0, 0.05) is 6.42 Å². The molecular weight excluding hydrogens is 269 g/mol. The van der Waals surface area contributed by atoms with Gasteiger partial charge in [0.25, 0.3) is 0 Å². The molecule has 0 bridgehead atoms. The lowest BCUT2D eigenvalue weighted by Gasteiger charge is -2.37. The topological polar surface area (TPSA) is 92.8 Å². The van der Waals surface area contributed by atoms with Gasteiger partial charge in [-0.05, 0) is 57.3 Å². The van der Waals surface area contributed by atoms with E-state index in [-0.39, 0.29) is 25.6 Å². The van der Waals surface area contributed by atoms with Gasteiger partial charge < -0.3 is 20.6 Å². The van der Waals surface area contributed by atoms with Crippen molar-refractivity contribution >= 4 is 18.9 Å². The summed E-state index contributed by atoms with van der Waals surface area (Å²) in [5, 5.41) is 19.6. The molecule has 21 heavy (non-hydrogen) atoms. The number of phenolic OH excluding ortho intramolecular Hbond substituents is 1. The van der Waals surface area contributed by atoms with E-state index in [9.17, 15) is 15.0 Å². The van der Waals surface area contributed by atoms with Crippen molar-refractivity contribution in [3.63, 3.8) is 0 Å². The van der Waals surface area contributed by atoms with E-state index in [4.69, 9.17) is 10.4 Å². The van der Waals surface area contributed by atoms with Gasteiger partial charge in [0.15, 0.2) is 0 Å². The first kappa shape index (κ1) is 17.5. The molecule has 0 aliphatic rings. The van der Waals surface area contributed by atoms with Crippen LogP contribution in [0.3, 0.4) is 0 Å². The molecule has 0 aliphatic carbocycles. The van der Waals surface area contributed by atoms with E-state index in [0.29, 0.717) is 6.42 Å². The maximum absolute atomic E-state index is 10.9. The number of aliphatic hydroxyl groups is 1. The Bertz CT molecular complexity index is 509. The molecule has 4 N–H and O–H groups in total. The van der Waals surface area contributed by atoms with Gasteiger partial charge in [-0.1, -0.05) is 6.07 Å². The minimum absolute atomic E-state index is 0.139. The van der Waals surface area contributed by atoms with E-state index in [1.165, 1.54) is 0 Å². The molecular formula is C15H24BNO4. The van der Waals surface area contributed by atoms with Crippen molar-refractivity contribution in [2.75, 3.05) is 0 Å². The van der Waals surface area contributed by atoms with Crippen LogP contribution in [0.2, 0.25) is 0 Å². The second kappa shape index (κ2) is 6.49. The van der Waals surface area contributed by atoms with Crippen LogP contribution in [0, 0.1) is 0 Å². The predicted octanol–water partition coefficient (Wildman–Crippen LogP) is 0.353. The third-order valence-corrected chi connectivity index (χ3v) is 3.89. The number of aryl methyl sites for hydroxylation is 1. The summed E-state index contributed by atoms with van der Waals surface area (Å²) in [6.45, 7) is 7.02. The van der Waals surface area contributed by atoms with E-state index < -0.39 is 11.2 Å². The number of primary amides is 1. The maximum Gasteiger partial charge on any atom is 0.309 e. The Morgan fingerprint density at radius 1 is 1.33 bits per heavy atom. The smallest absolute Gasteiger partial charge is 0.309 e. The Kier molecular flexibility index (Phi) is 5.42. The molecule has 0 aromatic heterocycles. The van der Waals surface area contributed by atoms with Crippen LogP contribution < -0.4 is 11.2 Å². The van der Waals surface area contributed by atoms with Crippen LogP contribution >= 0.6 is 0 Å². The summed E-state index contributed by atoms with van der Waals surface area (Å²) in [4.78, 5) is 10.9. The molecule has 0 radical (unpaired) electrons. The lowest BCUT2D eigenvalue weighted by atomic mass is 9.79. The zero-order valence-electron chi connectivity index (χ0n) is 13.1. The van der Waals surface area contributed by atoms with Crippen LogP contribution in [0.4, 0.5) is 0 Å². The van der Waals surface area contributed by atoms with Crippen LogP contribution in [0.15, 0.2) is 18.2 Å². The van der Waals surface area contributed by atoms with E-state index >= 15 is 0 Å². The molecule has 0 heterocycles. The van der Waals surface area contributed by atoms with Crippen LogP contribution in [0.25, 0.3) is 0 Å². The number of nitrogens with two attached hydrogens (primary N) is 1. The lowest BCUT2D eigenvalue weighted by molar-refractivity contribution is -0.117. The standard InChI is InChI=1S/C15H24BNO4/c1-14(2,20)15(3,4)21-16-12-7-6-11(18)9-10(12)5-8-13(17)19/h6-7,9,16,18,20H,5,8H2,1-4H3,(H2,17,19). The number of aromatic hydroxyl groups is 1. The Hall–Kier alpha value is -1.53. The quantitative estimate of drug-likeness (QED) is 0.633. The van der Waals surface area contributed by atoms with Crippen LogP contribution in [-0.4, -0.2) is 34.8 Å². The van der Waals surface area contributed by atoms with Gasteiger partial charge in [0.05, 0.1) is 11.2 Å². The van der Waals surface area contributed by atoms with Gasteiger partial charge in [-0.15, -0.1) is 0 Å². The van der Waals surface area contributed by atoms with Gasteiger partial charge in [-0.2, -0.15) is 0 Å². The minimum Gasteiger partial charge on any atom is -0.508 e. The average molecular weight is 293 g/mol. The first-order valence-electron chi connectivity index (χ1n) is 6.98. The largest absolute Gasteiger partial charge is 0.508 e. The Labute approximate surface area is 126 Å². The molecule has 0 saturated heterocycles. The van der Waals surface area contributed by atoms with Gasteiger partial charge in [-0.25, -0.2) is 0 Å². The summed E-state index contributed by atoms with van der Waals surface area (Å²) in [6, 6.07) is 4.94. The van der Waals surface area contributed by atoms with E-state index in [0.717, 1.165) is 11.0 Å². The lowest BCUT2D eigenvalue weighted by Crippen LogP contribution is -2.49. The van der Waals surface area contributed by atoms with E-state index in [1.54, 1.807) is 32.0 Å². The highest BCUT2D eigenvalue weighted by Crippen LogP contribution is 2.24.